The Morgan fingerprint density at radius 2 is 1.83 bits per heavy atom. The number of anilines is 3. The fraction of sp³-hybridized carbons (Fsp3) is 0.286. The summed E-state index contributed by atoms with van der Waals surface area (Å²) in [5.74, 6) is -1.05. The lowest BCUT2D eigenvalue weighted by Crippen LogP contribution is -2.42. The summed E-state index contributed by atoms with van der Waals surface area (Å²) in [6.07, 6.45) is -15.3. The molecule has 1 saturated heterocycles. The number of rotatable bonds is 4. The van der Waals surface area contributed by atoms with Gasteiger partial charge in [0.25, 0.3) is 5.91 Å². The first-order valence-electron chi connectivity index (χ1n) is 9.80. The molecule has 0 spiro atoms. The van der Waals surface area contributed by atoms with E-state index in [1.165, 1.54) is 24.3 Å². The predicted molar refractivity (Wildman–Crippen MR) is 114 cm³/mol. The van der Waals surface area contributed by atoms with E-state index in [1.54, 1.807) is 0 Å². The van der Waals surface area contributed by atoms with Crippen LogP contribution in [-0.2, 0) is 20.4 Å². The van der Waals surface area contributed by atoms with Crippen LogP contribution in [0.3, 0.4) is 0 Å². The number of alkyl halides is 6. The molecule has 0 aromatic heterocycles. The molecule has 2 unspecified atom stereocenters. The van der Waals surface area contributed by atoms with E-state index in [9.17, 15) is 35.9 Å². The first-order chi connectivity index (χ1) is 16.7. The molecule has 0 saturated carbocycles. The van der Waals surface area contributed by atoms with Gasteiger partial charge in [0.2, 0.25) is 6.23 Å². The van der Waals surface area contributed by atoms with Gasteiger partial charge in [0.15, 0.2) is 6.10 Å². The summed E-state index contributed by atoms with van der Waals surface area (Å²) < 4.78 is 90.1. The molecule has 2 aromatic rings. The molecule has 2 aromatic carbocycles. The van der Waals surface area contributed by atoms with Crippen LogP contribution in [0.15, 0.2) is 36.4 Å². The molecule has 1 fully saturated rings. The first kappa shape index (κ1) is 26.9. The van der Waals surface area contributed by atoms with Crippen LogP contribution in [0.5, 0.6) is 0 Å². The number of ether oxygens (including phenoxy) is 2. The SMILES string of the molecule is COC(=O)Nc1ccc(NC(=O)C2CN(c3ccc(C#N)c(C(F)(F)F)c3)C(C(F)(F)F)O2)c(Cl)c1. The van der Waals surface area contributed by atoms with E-state index in [0.29, 0.717) is 11.0 Å². The lowest BCUT2D eigenvalue weighted by molar-refractivity contribution is -0.212. The average molecular weight is 537 g/mol. The number of nitrogens with one attached hydrogen (secondary N) is 2. The van der Waals surface area contributed by atoms with E-state index in [2.05, 4.69) is 15.4 Å². The van der Waals surface area contributed by atoms with Gasteiger partial charge in [0, 0.05) is 11.4 Å². The van der Waals surface area contributed by atoms with Gasteiger partial charge in [-0.05, 0) is 36.4 Å². The van der Waals surface area contributed by atoms with Crippen LogP contribution in [0.1, 0.15) is 11.1 Å². The van der Waals surface area contributed by atoms with Crippen molar-refractivity contribution in [3.63, 3.8) is 0 Å². The molecule has 1 aliphatic rings. The van der Waals surface area contributed by atoms with Crippen LogP contribution < -0.4 is 15.5 Å². The number of benzene rings is 2. The van der Waals surface area contributed by atoms with Crippen molar-refractivity contribution in [2.24, 2.45) is 0 Å². The summed E-state index contributed by atoms with van der Waals surface area (Å²) in [6, 6.07) is 7.20. The molecule has 8 nitrogen and oxygen atoms in total. The lowest BCUT2D eigenvalue weighted by atomic mass is 10.1. The minimum atomic E-state index is -5.07. The molecule has 2 atom stereocenters. The van der Waals surface area contributed by atoms with Gasteiger partial charge in [-0.15, -0.1) is 0 Å². The molecule has 2 amide bonds. The maximum atomic E-state index is 13.6. The van der Waals surface area contributed by atoms with Gasteiger partial charge in [0.05, 0.1) is 41.6 Å². The second kappa shape index (κ2) is 10.1. The standard InChI is InChI=1S/C21H15ClF6N4O4/c1-35-19(34)30-11-3-5-15(14(22)6-11)31-17(33)16-9-32(18(36-16)21(26,27)28)12-4-2-10(8-29)13(7-12)20(23,24)25/h2-7,16,18H,9H2,1H3,(H,30,34)(H,31,33). The van der Waals surface area contributed by atoms with Crippen molar-refractivity contribution in [1.29, 1.82) is 5.26 Å². The number of hydrogen-bond donors (Lipinski definition) is 2. The van der Waals surface area contributed by atoms with Crippen LogP contribution in [0.2, 0.25) is 5.02 Å². The van der Waals surface area contributed by atoms with E-state index in [-0.39, 0.29) is 16.4 Å². The van der Waals surface area contributed by atoms with Gasteiger partial charge in [-0.3, -0.25) is 10.1 Å². The Labute approximate surface area is 204 Å². The van der Waals surface area contributed by atoms with E-state index in [1.807, 2.05) is 0 Å². The summed E-state index contributed by atoms with van der Waals surface area (Å²) in [5.41, 5.74) is -2.57. The van der Waals surface area contributed by atoms with Gasteiger partial charge < -0.3 is 19.7 Å². The molecule has 1 aliphatic heterocycles. The summed E-state index contributed by atoms with van der Waals surface area (Å²) >= 11 is 6.05. The van der Waals surface area contributed by atoms with Crippen molar-refractivity contribution in [1.82, 2.24) is 0 Å². The molecule has 36 heavy (non-hydrogen) atoms. The normalized spacial score (nSPS) is 17.9. The van der Waals surface area contributed by atoms with Gasteiger partial charge in [-0.1, -0.05) is 11.6 Å². The highest BCUT2D eigenvalue weighted by Gasteiger charge is 2.52. The fourth-order valence-electron chi connectivity index (χ4n) is 3.31. The molecule has 1 heterocycles. The van der Waals surface area contributed by atoms with Crippen molar-refractivity contribution < 1.29 is 45.4 Å². The number of nitrogens with zero attached hydrogens (tertiary/aromatic N) is 2. The van der Waals surface area contributed by atoms with Crippen molar-refractivity contribution in [3.05, 3.63) is 52.5 Å². The minimum absolute atomic E-state index is 0.0274. The third kappa shape index (κ3) is 5.92. The average Bonchev–Trinajstić information content (AvgIpc) is 3.26. The number of nitriles is 1. The van der Waals surface area contributed by atoms with Gasteiger partial charge in [-0.2, -0.15) is 31.6 Å². The Morgan fingerprint density at radius 1 is 1.14 bits per heavy atom. The zero-order chi connectivity index (χ0) is 26.8. The van der Waals surface area contributed by atoms with Gasteiger partial charge >= 0.3 is 18.4 Å². The summed E-state index contributed by atoms with van der Waals surface area (Å²) in [4.78, 5) is 24.4. The van der Waals surface area contributed by atoms with Gasteiger partial charge in [-0.25, -0.2) is 4.79 Å². The minimum Gasteiger partial charge on any atom is -0.453 e. The smallest absolute Gasteiger partial charge is 0.433 e. The van der Waals surface area contributed by atoms with E-state index in [0.717, 1.165) is 19.2 Å². The zero-order valence-electron chi connectivity index (χ0n) is 18.0. The molecule has 2 N–H and O–H groups in total. The van der Waals surface area contributed by atoms with Crippen molar-refractivity contribution in [2.45, 2.75) is 24.7 Å². The number of carbonyl (C=O) groups excluding carboxylic acids is 2. The molecule has 15 heteroatoms. The Kier molecular flexibility index (Phi) is 7.56. The van der Waals surface area contributed by atoms with Crippen molar-refractivity contribution in [3.8, 4) is 6.07 Å². The summed E-state index contributed by atoms with van der Waals surface area (Å²) in [6.45, 7) is -0.751. The largest absolute Gasteiger partial charge is 0.453 e. The second-order valence-corrected chi connectivity index (χ2v) is 7.72. The van der Waals surface area contributed by atoms with E-state index in [4.69, 9.17) is 21.6 Å². The number of amides is 2. The Hall–Kier alpha value is -3.70. The van der Waals surface area contributed by atoms with Crippen LogP contribution >= 0.6 is 11.6 Å². The van der Waals surface area contributed by atoms with Crippen molar-refractivity contribution in [2.75, 3.05) is 29.2 Å². The number of halogens is 7. The molecular weight excluding hydrogens is 522 g/mol. The number of carbonyl (C=O) groups is 2. The second-order valence-electron chi connectivity index (χ2n) is 7.31. The molecule has 3 rings (SSSR count). The topological polar surface area (TPSA) is 104 Å². The van der Waals surface area contributed by atoms with Crippen LogP contribution in [-0.4, -0.2) is 44.2 Å². The molecule has 0 radical (unpaired) electrons. The third-order valence-electron chi connectivity index (χ3n) is 4.93. The quantitative estimate of drug-likeness (QED) is 0.524. The highest BCUT2D eigenvalue weighted by atomic mass is 35.5. The van der Waals surface area contributed by atoms with E-state index >= 15 is 0 Å². The van der Waals surface area contributed by atoms with Crippen LogP contribution in [0.25, 0.3) is 0 Å². The monoisotopic (exact) mass is 536 g/mol. The van der Waals surface area contributed by atoms with Crippen LogP contribution in [0.4, 0.5) is 48.2 Å². The number of methoxy groups -OCH3 is 1. The molecular formula is C21H15ClF6N4O4. The third-order valence-corrected chi connectivity index (χ3v) is 5.24. The summed E-state index contributed by atoms with van der Waals surface area (Å²) in [7, 11) is 1.13. The maximum Gasteiger partial charge on any atom is 0.433 e. The van der Waals surface area contributed by atoms with Crippen LogP contribution in [0, 0.1) is 11.3 Å². The highest BCUT2D eigenvalue weighted by Crippen LogP contribution is 2.39. The number of hydrogen-bond acceptors (Lipinski definition) is 6. The first-order valence-corrected chi connectivity index (χ1v) is 10.2. The van der Waals surface area contributed by atoms with Crippen molar-refractivity contribution >= 4 is 40.7 Å². The molecule has 192 valence electrons. The highest BCUT2D eigenvalue weighted by molar-refractivity contribution is 6.34. The van der Waals surface area contributed by atoms with E-state index < -0.39 is 60.0 Å². The molecule has 0 bridgehead atoms. The molecule has 0 aliphatic carbocycles. The zero-order valence-corrected chi connectivity index (χ0v) is 18.8. The fourth-order valence-corrected chi connectivity index (χ4v) is 3.53. The Bertz CT molecular complexity index is 1210. The maximum absolute atomic E-state index is 13.6. The predicted octanol–water partition coefficient (Wildman–Crippen LogP) is 5.14. The Balaban J connectivity index is 1.85. The Morgan fingerprint density at radius 3 is 2.39 bits per heavy atom. The summed E-state index contributed by atoms with van der Waals surface area (Å²) in [5, 5.41) is 13.4. The lowest BCUT2D eigenvalue weighted by Gasteiger charge is -2.27. The van der Waals surface area contributed by atoms with Gasteiger partial charge in [0.1, 0.15) is 0 Å².